The molecule has 1 aromatic heterocycles. The fourth-order valence-electron chi connectivity index (χ4n) is 1.40. The van der Waals surface area contributed by atoms with Gasteiger partial charge in [0.2, 0.25) is 5.89 Å². The third kappa shape index (κ3) is 2.53. The van der Waals surface area contributed by atoms with Crippen LogP contribution in [0, 0.1) is 6.92 Å². The van der Waals surface area contributed by atoms with Crippen molar-refractivity contribution in [3.05, 3.63) is 47.1 Å². The number of benzene rings is 1. The Labute approximate surface area is 93.3 Å². The van der Waals surface area contributed by atoms with Crippen molar-refractivity contribution < 1.29 is 9.32 Å². The smallest absolute Gasteiger partial charge is 0.233 e. The number of aryl methyl sites for hydroxylation is 1. The zero-order valence-electron chi connectivity index (χ0n) is 9.01. The lowest BCUT2D eigenvalue weighted by Gasteiger charge is -1.96. The quantitative estimate of drug-likeness (QED) is 0.730. The molecule has 0 saturated carbocycles. The van der Waals surface area contributed by atoms with Crippen molar-refractivity contribution in [1.82, 2.24) is 10.1 Å². The summed E-state index contributed by atoms with van der Waals surface area (Å²) in [5.74, 6) is 0.984. The summed E-state index contributed by atoms with van der Waals surface area (Å²) < 4.78 is 4.91. The van der Waals surface area contributed by atoms with Crippen LogP contribution in [0.1, 0.15) is 22.8 Å². The third-order valence-electron chi connectivity index (χ3n) is 2.25. The van der Waals surface area contributed by atoms with E-state index in [1.54, 1.807) is 0 Å². The van der Waals surface area contributed by atoms with E-state index in [9.17, 15) is 4.79 Å². The molecule has 1 aromatic carbocycles. The van der Waals surface area contributed by atoms with Crippen molar-refractivity contribution in [1.29, 1.82) is 0 Å². The van der Waals surface area contributed by atoms with E-state index >= 15 is 0 Å². The molecule has 0 fully saturated rings. The maximum absolute atomic E-state index is 10.3. The summed E-state index contributed by atoms with van der Waals surface area (Å²) in [6.07, 6.45) is 1.56. The molecule has 0 aliphatic rings. The summed E-state index contributed by atoms with van der Waals surface area (Å²) in [4.78, 5) is 14.4. The Morgan fingerprint density at radius 2 is 2.06 bits per heavy atom. The van der Waals surface area contributed by atoms with Crippen LogP contribution in [0.4, 0.5) is 0 Å². The number of carbonyl (C=O) groups is 1. The van der Waals surface area contributed by atoms with Crippen molar-refractivity contribution in [2.75, 3.05) is 0 Å². The Hall–Kier alpha value is -1.97. The van der Waals surface area contributed by atoms with Gasteiger partial charge in [0.25, 0.3) is 0 Å². The first kappa shape index (κ1) is 10.5. The molecule has 0 radical (unpaired) electrons. The molecule has 0 aliphatic carbocycles. The van der Waals surface area contributed by atoms with Gasteiger partial charge in [-0.05, 0) is 12.5 Å². The van der Waals surface area contributed by atoms with E-state index in [-0.39, 0.29) is 6.42 Å². The van der Waals surface area contributed by atoms with Crippen LogP contribution in [-0.4, -0.2) is 16.4 Å². The second-order valence-corrected chi connectivity index (χ2v) is 3.64. The summed E-state index contributed by atoms with van der Waals surface area (Å²) in [5.41, 5.74) is 2.35. The molecule has 4 nitrogen and oxygen atoms in total. The fraction of sp³-hybridized carbons (Fsp3) is 0.250. The molecule has 0 unspecified atom stereocenters. The molecule has 2 rings (SSSR count). The minimum Gasteiger partial charge on any atom is -0.339 e. The highest BCUT2D eigenvalue weighted by atomic mass is 16.5. The van der Waals surface area contributed by atoms with Crippen LogP contribution in [0.15, 0.2) is 28.8 Å². The van der Waals surface area contributed by atoms with Gasteiger partial charge >= 0.3 is 0 Å². The highest BCUT2D eigenvalue weighted by molar-refractivity contribution is 5.52. The summed E-state index contributed by atoms with van der Waals surface area (Å²) in [7, 11) is 0. The normalized spacial score (nSPS) is 10.3. The fourth-order valence-corrected chi connectivity index (χ4v) is 1.40. The minimum absolute atomic E-state index is 0.181. The minimum atomic E-state index is 0.181. The number of hydrogen-bond donors (Lipinski definition) is 0. The molecule has 16 heavy (non-hydrogen) atoms. The number of nitrogens with zero attached hydrogens (tertiary/aromatic N) is 2. The van der Waals surface area contributed by atoms with Crippen LogP contribution >= 0.6 is 0 Å². The van der Waals surface area contributed by atoms with Gasteiger partial charge in [-0.15, -0.1) is 0 Å². The van der Waals surface area contributed by atoms with Gasteiger partial charge in [-0.1, -0.05) is 35.0 Å². The average molecular weight is 216 g/mol. The van der Waals surface area contributed by atoms with Crippen molar-refractivity contribution in [3.63, 3.8) is 0 Å². The van der Waals surface area contributed by atoms with Gasteiger partial charge in [-0.25, -0.2) is 0 Å². The van der Waals surface area contributed by atoms with Gasteiger partial charge in [0.05, 0.1) is 6.42 Å². The van der Waals surface area contributed by atoms with E-state index in [1.165, 1.54) is 5.56 Å². The average Bonchev–Trinajstić information content (AvgIpc) is 2.70. The van der Waals surface area contributed by atoms with E-state index in [4.69, 9.17) is 4.52 Å². The van der Waals surface area contributed by atoms with Gasteiger partial charge in [0.1, 0.15) is 6.29 Å². The molecule has 0 bridgehead atoms. The van der Waals surface area contributed by atoms with Crippen LogP contribution in [0.25, 0.3) is 0 Å². The lowest BCUT2D eigenvalue weighted by Crippen LogP contribution is -1.92. The summed E-state index contributed by atoms with van der Waals surface area (Å²) >= 11 is 0. The number of aldehydes is 1. The Morgan fingerprint density at radius 3 is 2.75 bits per heavy atom. The highest BCUT2D eigenvalue weighted by Gasteiger charge is 2.06. The van der Waals surface area contributed by atoms with E-state index in [1.807, 2.05) is 31.2 Å². The molecule has 0 atom stereocenters. The van der Waals surface area contributed by atoms with Gasteiger partial charge in [0.15, 0.2) is 5.82 Å². The molecular weight excluding hydrogens is 204 g/mol. The first-order valence-electron chi connectivity index (χ1n) is 5.08. The topological polar surface area (TPSA) is 56.0 Å². The maximum atomic E-state index is 10.3. The van der Waals surface area contributed by atoms with Crippen molar-refractivity contribution in [3.8, 4) is 0 Å². The van der Waals surface area contributed by atoms with Crippen molar-refractivity contribution >= 4 is 6.29 Å². The summed E-state index contributed by atoms with van der Waals surface area (Å²) in [6.45, 7) is 2.04. The highest BCUT2D eigenvalue weighted by Crippen LogP contribution is 2.08. The predicted octanol–water partition coefficient (Wildman–Crippen LogP) is 1.71. The summed E-state index contributed by atoms with van der Waals surface area (Å²) in [6, 6.07) is 8.15. The van der Waals surface area contributed by atoms with Crippen LogP contribution in [0.2, 0.25) is 0 Å². The standard InChI is InChI=1S/C12H12N2O2/c1-9-2-4-10(5-3-9)8-11-13-12(6-7-15)16-14-11/h2-5,7H,6,8H2,1H3. The number of hydrogen-bond acceptors (Lipinski definition) is 4. The lowest BCUT2D eigenvalue weighted by atomic mass is 10.1. The van der Waals surface area contributed by atoms with Crippen molar-refractivity contribution in [2.24, 2.45) is 0 Å². The molecule has 4 heteroatoms. The Morgan fingerprint density at radius 1 is 1.31 bits per heavy atom. The number of aromatic nitrogens is 2. The zero-order chi connectivity index (χ0) is 11.4. The van der Waals surface area contributed by atoms with Gasteiger partial charge < -0.3 is 9.32 Å². The molecule has 0 saturated heterocycles. The van der Waals surface area contributed by atoms with E-state index < -0.39 is 0 Å². The number of carbonyl (C=O) groups excluding carboxylic acids is 1. The Balaban J connectivity index is 2.08. The molecule has 0 spiro atoms. The molecule has 0 aliphatic heterocycles. The number of rotatable bonds is 4. The molecule has 0 N–H and O–H groups in total. The molecule has 82 valence electrons. The van der Waals surface area contributed by atoms with Crippen LogP contribution in [0.5, 0.6) is 0 Å². The van der Waals surface area contributed by atoms with Crippen LogP contribution < -0.4 is 0 Å². The third-order valence-corrected chi connectivity index (χ3v) is 2.25. The van der Waals surface area contributed by atoms with E-state index in [0.29, 0.717) is 18.1 Å². The second kappa shape index (κ2) is 4.70. The van der Waals surface area contributed by atoms with E-state index in [0.717, 1.165) is 11.8 Å². The SMILES string of the molecule is Cc1ccc(Cc2noc(CC=O)n2)cc1. The van der Waals surface area contributed by atoms with Gasteiger partial charge in [-0.3, -0.25) is 0 Å². The van der Waals surface area contributed by atoms with Gasteiger partial charge in [-0.2, -0.15) is 4.98 Å². The van der Waals surface area contributed by atoms with Crippen LogP contribution in [-0.2, 0) is 17.6 Å². The largest absolute Gasteiger partial charge is 0.339 e. The maximum Gasteiger partial charge on any atom is 0.233 e. The molecule has 0 amide bonds. The monoisotopic (exact) mass is 216 g/mol. The predicted molar refractivity (Wildman–Crippen MR) is 58.1 cm³/mol. The first-order valence-corrected chi connectivity index (χ1v) is 5.08. The molecular formula is C12H12N2O2. The Kier molecular flexibility index (Phi) is 3.10. The molecule has 2 aromatic rings. The molecule has 1 heterocycles. The summed E-state index contributed by atoms with van der Waals surface area (Å²) in [5, 5.41) is 3.81. The van der Waals surface area contributed by atoms with Crippen molar-refractivity contribution in [2.45, 2.75) is 19.8 Å². The van der Waals surface area contributed by atoms with E-state index in [2.05, 4.69) is 10.1 Å². The van der Waals surface area contributed by atoms with Crippen LogP contribution in [0.3, 0.4) is 0 Å². The second-order valence-electron chi connectivity index (χ2n) is 3.64. The Bertz CT molecular complexity index is 474. The zero-order valence-corrected chi connectivity index (χ0v) is 9.01. The first-order chi connectivity index (χ1) is 7.78. The lowest BCUT2D eigenvalue weighted by molar-refractivity contribution is -0.107. The van der Waals surface area contributed by atoms with Gasteiger partial charge in [0, 0.05) is 6.42 Å².